The van der Waals surface area contributed by atoms with Crippen molar-refractivity contribution in [1.29, 1.82) is 0 Å². The Balaban J connectivity index is 3.05. The maximum Gasteiger partial charge on any atom is 0.339 e. The summed E-state index contributed by atoms with van der Waals surface area (Å²) in [5.41, 5.74) is -0.211. The average molecular weight is 200 g/mol. The fourth-order valence-electron chi connectivity index (χ4n) is 0.983. The Bertz CT molecular complexity index is 351. The van der Waals surface area contributed by atoms with Crippen molar-refractivity contribution in [3.05, 3.63) is 29.6 Å². The maximum atomic E-state index is 12.7. The number of halogens is 1. The Labute approximate surface area is 79.6 Å². The molecule has 0 fully saturated rings. The number of carbonyl (C=O) groups is 1. The first-order valence-electron chi connectivity index (χ1n) is 3.80. The number of rotatable bonds is 2. The minimum atomic E-state index is -1.67. The van der Waals surface area contributed by atoms with Crippen LogP contribution in [0.15, 0.2) is 18.2 Å². The van der Waals surface area contributed by atoms with E-state index in [1.54, 1.807) is 0 Å². The predicted molar refractivity (Wildman–Crippen MR) is 45.0 cm³/mol. The van der Waals surface area contributed by atoms with Crippen molar-refractivity contribution < 1.29 is 24.1 Å². The van der Waals surface area contributed by atoms with E-state index in [-0.39, 0.29) is 11.3 Å². The number of carbonyl (C=O) groups excluding carboxylic acids is 1. The van der Waals surface area contributed by atoms with Gasteiger partial charge < -0.3 is 14.9 Å². The van der Waals surface area contributed by atoms with Crippen LogP contribution in [0.3, 0.4) is 0 Å². The molecule has 2 N–H and O–H groups in total. The summed E-state index contributed by atoms with van der Waals surface area (Å²) in [5.74, 6) is -1.96. The van der Waals surface area contributed by atoms with Crippen molar-refractivity contribution in [2.24, 2.45) is 0 Å². The minimum Gasteiger partial charge on any atom is -0.508 e. The number of phenols is 1. The number of ether oxygens (including phenoxy) is 1. The fourth-order valence-corrected chi connectivity index (χ4v) is 0.983. The second kappa shape index (κ2) is 4.06. The van der Waals surface area contributed by atoms with E-state index in [2.05, 4.69) is 4.74 Å². The standard InChI is InChI=1S/C9H9FO4/c1-14-9(13)8(12)6-4-5(10)2-3-7(6)11/h2-4,8,11-12H,1H3. The number of hydrogen-bond acceptors (Lipinski definition) is 4. The van der Waals surface area contributed by atoms with Crippen molar-refractivity contribution in [1.82, 2.24) is 0 Å². The Hall–Kier alpha value is -1.62. The molecule has 0 amide bonds. The summed E-state index contributed by atoms with van der Waals surface area (Å²) in [7, 11) is 1.09. The molecule has 0 heterocycles. The first kappa shape index (κ1) is 10.5. The molecule has 0 saturated heterocycles. The number of benzene rings is 1. The zero-order valence-electron chi connectivity index (χ0n) is 7.40. The number of esters is 1. The largest absolute Gasteiger partial charge is 0.508 e. The summed E-state index contributed by atoms with van der Waals surface area (Å²) in [5, 5.41) is 18.5. The summed E-state index contributed by atoms with van der Waals surface area (Å²) in [6.45, 7) is 0. The number of hydrogen-bond donors (Lipinski definition) is 2. The molecule has 0 spiro atoms. The summed E-state index contributed by atoms with van der Waals surface area (Å²) in [6.07, 6.45) is -1.67. The Morgan fingerprint density at radius 2 is 2.21 bits per heavy atom. The highest BCUT2D eigenvalue weighted by Crippen LogP contribution is 2.25. The van der Waals surface area contributed by atoms with Gasteiger partial charge in [-0.25, -0.2) is 9.18 Å². The lowest BCUT2D eigenvalue weighted by Gasteiger charge is -2.09. The quantitative estimate of drug-likeness (QED) is 0.691. The normalized spacial score (nSPS) is 12.2. The highest BCUT2D eigenvalue weighted by molar-refractivity contribution is 5.77. The lowest BCUT2D eigenvalue weighted by atomic mass is 10.1. The van der Waals surface area contributed by atoms with Gasteiger partial charge in [-0.15, -0.1) is 0 Å². The smallest absolute Gasteiger partial charge is 0.339 e. The Kier molecular flexibility index (Phi) is 3.03. The van der Waals surface area contributed by atoms with Gasteiger partial charge in [0, 0.05) is 5.56 Å². The molecule has 0 bridgehead atoms. The third-order valence-corrected chi connectivity index (χ3v) is 1.71. The van der Waals surface area contributed by atoms with Crippen LogP contribution in [0, 0.1) is 5.82 Å². The van der Waals surface area contributed by atoms with Gasteiger partial charge in [0.2, 0.25) is 0 Å². The molecule has 1 unspecified atom stereocenters. The number of aromatic hydroxyl groups is 1. The van der Waals surface area contributed by atoms with Gasteiger partial charge in [-0.05, 0) is 18.2 Å². The molecule has 0 radical (unpaired) electrons. The molecular formula is C9H9FO4. The molecular weight excluding hydrogens is 191 g/mol. The fraction of sp³-hybridized carbons (Fsp3) is 0.222. The Morgan fingerprint density at radius 1 is 1.57 bits per heavy atom. The molecule has 0 aromatic heterocycles. The van der Waals surface area contributed by atoms with E-state index in [4.69, 9.17) is 0 Å². The molecule has 1 atom stereocenters. The lowest BCUT2D eigenvalue weighted by Crippen LogP contribution is -2.13. The summed E-state index contributed by atoms with van der Waals surface area (Å²) in [4.78, 5) is 10.9. The van der Waals surface area contributed by atoms with Crippen LogP contribution in [0.5, 0.6) is 5.75 Å². The van der Waals surface area contributed by atoms with Crippen molar-refractivity contribution in [2.75, 3.05) is 7.11 Å². The zero-order chi connectivity index (χ0) is 10.7. The van der Waals surface area contributed by atoms with Gasteiger partial charge in [-0.3, -0.25) is 0 Å². The van der Waals surface area contributed by atoms with Gasteiger partial charge in [-0.2, -0.15) is 0 Å². The van der Waals surface area contributed by atoms with Crippen LogP contribution in [-0.2, 0) is 9.53 Å². The molecule has 0 aliphatic carbocycles. The van der Waals surface area contributed by atoms with Crippen LogP contribution in [0.1, 0.15) is 11.7 Å². The van der Waals surface area contributed by atoms with E-state index in [9.17, 15) is 19.4 Å². The maximum absolute atomic E-state index is 12.7. The lowest BCUT2D eigenvalue weighted by molar-refractivity contribution is -0.150. The van der Waals surface area contributed by atoms with Crippen LogP contribution < -0.4 is 0 Å². The van der Waals surface area contributed by atoms with Crippen molar-refractivity contribution >= 4 is 5.97 Å². The number of aliphatic hydroxyl groups is 1. The SMILES string of the molecule is COC(=O)C(O)c1cc(F)ccc1O. The van der Waals surface area contributed by atoms with E-state index >= 15 is 0 Å². The van der Waals surface area contributed by atoms with Gasteiger partial charge in [-0.1, -0.05) is 0 Å². The molecule has 76 valence electrons. The van der Waals surface area contributed by atoms with Crippen LogP contribution in [0.4, 0.5) is 4.39 Å². The van der Waals surface area contributed by atoms with E-state index < -0.39 is 17.9 Å². The molecule has 4 nitrogen and oxygen atoms in total. The predicted octanol–water partition coefficient (Wildman–Crippen LogP) is 0.738. The topological polar surface area (TPSA) is 66.8 Å². The summed E-state index contributed by atoms with van der Waals surface area (Å²) < 4.78 is 16.9. The van der Waals surface area contributed by atoms with Gasteiger partial charge in [0.25, 0.3) is 0 Å². The molecule has 5 heteroatoms. The van der Waals surface area contributed by atoms with Gasteiger partial charge >= 0.3 is 5.97 Å². The first-order chi connectivity index (χ1) is 6.56. The zero-order valence-corrected chi connectivity index (χ0v) is 7.40. The average Bonchev–Trinajstić information content (AvgIpc) is 2.19. The van der Waals surface area contributed by atoms with E-state index in [1.807, 2.05) is 0 Å². The van der Waals surface area contributed by atoms with E-state index in [1.165, 1.54) is 0 Å². The van der Waals surface area contributed by atoms with Crippen LogP contribution in [-0.4, -0.2) is 23.3 Å². The third kappa shape index (κ3) is 2.00. The third-order valence-electron chi connectivity index (χ3n) is 1.71. The molecule has 1 rings (SSSR count). The van der Waals surface area contributed by atoms with Gasteiger partial charge in [0.1, 0.15) is 11.6 Å². The van der Waals surface area contributed by atoms with Crippen molar-refractivity contribution in [3.8, 4) is 5.75 Å². The first-order valence-corrected chi connectivity index (χ1v) is 3.80. The van der Waals surface area contributed by atoms with E-state index in [0.717, 1.165) is 25.3 Å². The van der Waals surface area contributed by atoms with Crippen LogP contribution >= 0.6 is 0 Å². The monoisotopic (exact) mass is 200 g/mol. The molecule has 0 aliphatic heterocycles. The van der Waals surface area contributed by atoms with Gasteiger partial charge in [0.05, 0.1) is 7.11 Å². The van der Waals surface area contributed by atoms with Crippen molar-refractivity contribution in [3.63, 3.8) is 0 Å². The second-order valence-corrected chi connectivity index (χ2v) is 2.63. The highest BCUT2D eigenvalue weighted by Gasteiger charge is 2.21. The number of methoxy groups -OCH3 is 1. The molecule has 1 aromatic carbocycles. The van der Waals surface area contributed by atoms with Crippen LogP contribution in [0.25, 0.3) is 0 Å². The number of aliphatic hydroxyl groups excluding tert-OH is 1. The number of phenolic OH excluding ortho intramolecular Hbond substituents is 1. The van der Waals surface area contributed by atoms with Crippen LogP contribution in [0.2, 0.25) is 0 Å². The molecule has 0 saturated carbocycles. The van der Waals surface area contributed by atoms with Crippen molar-refractivity contribution in [2.45, 2.75) is 6.10 Å². The second-order valence-electron chi connectivity index (χ2n) is 2.63. The minimum absolute atomic E-state index is 0.211. The van der Waals surface area contributed by atoms with Gasteiger partial charge in [0.15, 0.2) is 6.10 Å². The summed E-state index contributed by atoms with van der Waals surface area (Å²) >= 11 is 0. The van der Waals surface area contributed by atoms with E-state index in [0.29, 0.717) is 0 Å². The molecule has 14 heavy (non-hydrogen) atoms. The highest BCUT2D eigenvalue weighted by atomic mass is 19.1. The molecule has 0 aliphatic rings. The summed E-state index contributed by atoms with van der Waals surface area (Å²) in [6, 6.07) is 2.94. The Morgan fingerprint density at radius 3 is 2.79 bits per heavy atom. The molecule has 1 aromatic rings.